The summed E-state index contributed by atoms with van der Waals surface area (Å²) < 4.78 is 0.761. The fourth-order valence-corrected chi connectivity index (χ4v) is 2.98. The Morgan fingerprint density at radius 2 is 2.00 bits per heavy atom. The first-order valence-corrected chi connectivity index (χ1v) is 7.76. The molecule has 0 aliphatic rings. The number of hydrogen-bond donors (Lipinski definition) is 2. The number of benzene rings is 1. The molecule has 2 rings (SSSR count). The Hall–Kier alpha value is -1.56. The lowest BCUT2D eigenvalue weighted by molar-refractivity contribution is -0.120. The molecule has 0 aliphatic carbocycles. The van der Waals surface area contributed by atoms with E-state index in [0.29, 0.717) is 12.2 Å². The highest BCUT2D eigenvalue weighted by molar-refractivity contribution is 7.16. The highest BCUT2D eigenvalue weighted by Gasteiger charge is 2.18. The number of nitrogen functional groups attached to an aromatic ring is 1. The van der Waals surface area contributed by atoms with Crippen molar-refractivity contribution < 1.29 is 4.79 Å². The minimum Gasteiger partial charge on any atom is -0.399 e. The van der Waals surface area contributed by atoms with Gasteiger partial charge in [0.1, 0.15) is 0 Å². The summed E-state index contributed by atoms with van der Waals surface area (Å²) in [5.41, 5.74) is 7.04. The minimum absolute atomic E-state index is 0.0510. The normalized spacial score (nSPS) is 12.4. The van der Waals surface area contributed by atoms with Gasteiger partial charge in [0.2, 0.25) is 5.91 Å². The number of likely N-dealkylation sites (N-methyl/N-ethyl adjacent to an activating group) is 1. The van der Waals surface area contributed by atoms with Crippen molar-refractivity contribution in [2.24, 2.45) is 0 Å². The van der Waals surface area contributed by atoms with Crippen LogP contribution >= 0.6 is 22.9 Å². The second-order valence-corrected chi connectivity index (χ2v) is 6.71. The van der Waals surface area contributed by atoms with E-state index in [9.17, 15) is 4.79 Å². The van der Waals surface area contributed by atoms with Crippen molar-refractivity contribution >= 4 is 40.2 Å². The van der Waals surface area contributed by atoms with Crippen LogP contribution in [0, 0.1) is 0 Å². The molecule has 0 saturated carbocycles. The first-order valence-electron chi connectivity index (χ1n) is 6.56. The van der Waals surface area contributed by atoms with Crippen LogP contribution < -0.4 is 11.1 Å². The van der Waals surface area contributed by atoms with E-state index < -0.39 is 0 Å². The van der Waals surface area contributed by atoms with Crippen LogP contribution in [0.2, 0.25) is 4.34 Å². The van der Waals surface area contributed by atoms with E-state index >= 15 is 0 Å². The highest BCUT2D eigenvalue weighted by Crippen LogP contribution is 2.23. The summed E-state index contributed by atoms with van der Waals surface area (Å²) in [4.78, 5) is 15.3. The van der Waals surface area contributed by atoms with Crippen molar-refractivity contribution in [1.29, 1.82) is 0 Å². The van der Waals surface area contributed by atoms with Crippen LogP contribution in [0.15, 0.2) is 36.4 Å². The van der Waals surface area contributed by atoms with Crippen molar-refractivity contribution in [1.82, 2.24) is 4.90 Å². The van der Waals surface area contributed by atoms with Gasteiger partial charge >= 0.3 is 0 Å². The SMILES string of the molecule is CC(C(=O)Nc1ccc(N)cc1)N(C)Cc1ccc(Cl)s1. The molecule has 0 saturated heterocycles. The minimum atomic E-state index is -0.247. The van der Waals surface area contributed by atoms with Gasteiger partial charge in [-0.05, 0) is 50.4 Å². The van der Waals surface area contributed by atoms with E-state index in [-0.39, 0.29) is 11.9 Å². The molecule has 1 unspecified atom stereocenters. The largest absolute Gasteiger partial charge is 0.399 e. The fourth-order valence-electron chi connectivity index (χ4n) is 1.83. The molecule has 0 spiro atoms. The summed E-state index contributed by atoms with van der Waals surface area (Å²) in [6.45, 7) is 2.57. The van der Waals surface area contributed by atoms with E-state index in [1.165, 1.54) is 11.3 Å². The fraction of sp³-hybridized carbons (Fsp3) is 0.267. The van der Waals surface area contributed by atoms with Crippen molar-refractivity contribution in [2.45, 2.75) is 19.5 Å². The third-order valence-corrected chi connectivity index (χ3v) is 4.47. The monoisotopic (exact) mass is 323 g/mol. The van der Waals surface area contributed by atoms with Crippen molar-refractivity contribution in [3.8, 4) is 0 Å². The van der Waals surface area contributed by atoms with E-state index in [1.807, 2.05) is 31.0 Å². The standard InChI is InChI=1S/C15H18ClN3OS/c1-10(19(2)9-13-7-8-14(16)21-13)15(20)18-12-5-3-11(17)4-6-12/h3-8,10H,9,17H2,1-2H3,(H,18,20). The summed E-state index contributed by atoms with van der Waals surface area (Å²) >= 11 is 7.45. The van der Waals surface area contributed by atoms with Gasteiger partial charge in [-0.3, -0.25) is 9.69 Å². The average Bonchev–Trinajstić information content (AvgIpc) is 2.85. The number of halogens is 1. The van der Waals surface area contributed by atoms with Gasteiger partial charge in [-0.15, -0.1) is 11.3 Å². The van der Waals surface area contributed by atoms with Gasteiger partial charge in [0.05, 0.1) is 10.4 Å². The first-order chi connectivity index (χ1) is 9.95. The molecule has 1 aromatic heterocycles. The number of nitrogens with two attached hydrogens (primary N) is 1. The maximum absolute atomic E-state index is 12.2. The first kappa shape index (κ1) is 15.8. The van der Waals surface area contributed by atoms with Gasteiger partial charge in [-0.1, -0.05) is 11.6 Å². The van der Waals surface area contributed by atoms with Gasteiger partial charge in [-0.25, -0.2) is 0 Å². The summed E-state index contributed by atoms with van der Waals surface area (Å²) in [5, 5.41) is 2.88. The lowest BCUT2D eigenvalue weighted by Crippen LogP contribution is -2.39. The molecule has 21 heavy (non-hydrogen) atoms. The highest BCUT2D eigenvalue weighted by atomic mass is 35.5. The molecule has 0 bridgehead atoms. The number of nitrogens with zero attached hydrogens (tertiary/aromatic N) is 1. The van der Waals surface area contributed by atoms with E-state index in [2.05, 4.69) is 5.32 Å². The molecule has 3 N–H and O–H groups in total. The summed E-state index contributed by atoms with van der Waals surface area (Å²) in [6, 6.07) is 10.7. The quantitative estimate of drug-likeness (QED) is 0.829. The Labute approximate surface area is 133 Å². The van der Waals surface area contributed by atoms with Crippen molar-refractivity contribution in [3.63, 3.8) is 0 Å². The molecule has 4 nitrogen and oxygen atoms in total. The van der Waals surface area contributed by atoms with Crippen LogP contribution in [0.25, 0.3) is 0 Å². The lowest BCUT2D eigenvalue weighted by atomic mass is 10.2. The van der Waals surface area contributed by atoms with Gasteiger partial charge in [0.25, 0.3) is 0 Å². The van der Waals surface area contributed by atoms with E-state index in [4.69, 9.17) is 17.3 Å². The van der Waals surface area contributed by atoms with Crippen LogP contribution in [0.4, 0.5) is 11.4 Å². The predicted molar refractivity (Wildman–Crippen MR) is 89.7 cm³/mol. The number of nitrogens with one attached hydrogen (secondary N) is 1. The summed E-state index contributed by atoms with van der Waals surface area (Å²) in [7, 11) is 1.92. The number of amides is 1. The Morgan fingerprint density at radius 1 is 1.33 bits per heavy atom. The predicted octanol–water partition coefficient (Wildman–Crippen LogP) is 3.44. The number of carbonyl (C=O) groups is 1. The van der Waals surface area contributed by atoms with Crippen LogP contribution in [0.3, 0.4) is 0 Å². The zero-order valence-electron chi connectivity index (χ0n) is 12.0. The van der Waals surface area contributed by atoms with Gasteiger partial charge in [-0.2, -0.15) is 0 Å². The maximum atomic E-state index is 12.2. The second-order valence-electron chi connectivity index (χ2n) is 4.91. The van der Waals surface area contributed by atoms with Gasteiger partial charge < -0.3 is 11.1 Å². The smallest absolute Gasteiger partial charge is 0.241 e. The summed E-state index contributed by atoms with van der Waals surface area (Å²) in [6.07, 6.45) is 0. The van der Waals surface area contributed by atoms with E-state index in [0.717, 1.165) is 14.9 Å². The van der Waals surface area contributed by atoms with Crippen LogP contribution in [0.1, 0.15) is 11.8 Å². The molecule has 1 aromatic carbocycles. The van der Waals surface area contributed by atoms with E-state index in [1.54, 1.807) is 24.3 Å². The van der Waals surface area contributed by atoms with Crippen LogP contribution in [0.5, 0.6) is 0 Å². The third-order valence-electron chi connectivity index (χ3n) is 3.25. The molecule has 2 aromatic rings. The van der Waals surface area contributed by atoms with Gasteiger partial charge in [0.15, 0.2) is 0 Å². The Bertz CT molecular complexity index is 612. The number of carbonyl (C=O) groups excluding carboxylic acids is 1. The van der Waals surface area contributed by atoms with Crippen LogP contribution in [-0.2, 0) is 11.3 Å². The number of thiophene rings is 1. The molecule has 0 aliphatic heterocycles. The van der Waals surface area contributed by atoms with Crippen molar-refractivity contribution in [2.75, 3.05) is 18.1 Å². The Balaban J connectivity index is 1.93. The van der Waals surface area contributed by atoms with Crippen molar-refractivity contribution in [3.05, 3.63) is 45.6 Å². The molecular formula is C15H18ClN3OS. The zero-order chi connectivity index (χ0) is 15.4. The molecule has 1 atom stereocenters. The Kier molecular flexibility index (Phi) is 5.22. The Morgan fingerprint density at radius 3 is 2.57 bits per heavy atom. The molecule has 6 heteroatoms. The number of rotatable bonds is 5. The molecule has 0 fully saturated rings. The van der Waals surface area contributed by atoms with Gasteiger partial charge in [0, 0.05) is 22.8 Å². The number of hydrogen-bond acceptors (Lipinski definition) is 4. The lowest BCUT2D eigenvalue weighted by Gasteiger charge is -2.23. The molecule has 1 amide bonds. The molecular weight excluding hydrogens is 306 g/mol. The topological polar surface area (TPSA) is 58.4 Å². The molecule has 0 radical (unpaired) electrons. The average molecular weight is 324 g/mol. The zero-order valence-corrected chi connectivity index (χ0v) is 13.5. The second kappa shape index (κ2) is 6.93. The molecule has 1 heterocycles. The third kappa shape index (κ3) is 4.46. The summed E-state index contributed by atoms with van der Waals surface area (Å²) in [5.74, 6) is -0.0510. The maximum Gasteiger partial charge on any atom is 0.241 e. The molecule has 112 valence electrons. The number of anilines is 2. The van der Waals surface area contributed by atoms with Crippen LogP contribution in [-0.4, -0.2) is 23.9 Å².